The number of hydrogen-bond donors (Lipinski definition) is 1. The van der Waals surface area contributed by atoms with E-state index < -0.39 is 0 Å². The first-order valence-corrected chi connectivity index (χ1v) is 5.90. The number of nitrogens with one attached hydrogen (secondary N) is 1. The van der Waals surface area contributed by atoms with E-state index in [9.17, 15) is 0 Å². The number of hydrogen-bond acceptors (Lipinski definition) is 2. The van der Waals surface area contributed by atoms with E-state index >= 15 is 0 Å². The maximum atomic E-state index is 4.39. The van der Waals surface area contributed by atoms with Gasteiger partial charge in [0.2, 0.25) is 0 Å². The Labute approximate surface area is 95.2 Å². The molecule has 0 aliphatic rings. The van der Waals surface area contributed by atoms with E-state index in [-0.39, 0.29) is 0 Å². The summed E-state index contributed by atoms with van der Waals surface area (Å²) in [4.78, 5) is 4.39. The largest absolute Gasteiger partial charge is 0.321 e. The van der Waals surface area contributed by atoms with E-state index in [2.05, 4.69) is 60.6 Å². The Balaban J connectivity index is 2.86. The van der Waals surface area contributed by atoms with E-state index in [1.807, 2.05) is 0 Å². The SMILES string of the molecule is CCNCc1nc(Br)c(Br)n1CC. The second kappa shape index (κ2) is 5.12. The second-order valence-corrected chi connectivity index (χ2v) is 4.14. The zero-order valence-corrected chi connectivity index (χ0v) is 10.9. The summed E-state index contributed by atoms with van der Waals surface area (Å²) in [6, 6.07) is 0. The summed E-state index contributed by atoms with van der Waals surface area (Å²) in [5.41, 5.74) is 0. The van der Waals surface area contributed by atoms with Crippen LogP contribution in [-0.4, -0.2) is 16.1 Å². The average Bonchev–Trinajstić information content (AvgIpc) is 2.39. The van der Waals surface area contributed by atoms with E-state index in [0.29, 0.717) is 0 Å². The zero-order valence-electron chi connectivity index (χ0n) is 7.77. The summed E-state index contributed by atoms with van der Waals surface area (Å²) < 4.78 is 4.03. The molecule has 1 rings (SSSR count). The minimum absolute atomic E-state index is 0.814. The fourth-order valence-corrected chi connectivity index (χ4v) is 2.10. The van der Waals surface area contributed by atoms with Gasteiger partial charge in [-0.25, -0.2) is 4.98 Å². The van der Waals surface area contributed by atoms with Crippen molar-refractivity contribution in [3.8, 4) is 0 Å². The lowest BCUT2D eigenvalue weighted by Crippen LogP contribution is -2.16. The Bertz CT molecular complexity index is 283. The van der Waals surface area contributed by atoms with Crippen molar-refractivity contribution in [3.63, 3.8) is 0 Å². The molecule has 0 aliphatic carbocycles. The monoisotopic (exact) mass is 309 g/mol. The molecule has 0 atom stereocenters. The molecule has 0 fully saturated rings. The molecule has 0 radical (unpaired) electrons. The van der Waals surface area contributed by atoms with Gasteiger partial charge in [-0.3, -0.25) is 0 Å². The Kier molecular flexibility index (Phi) is 4.41. The summed E-state index contributed by atoms with van der Waals surface area (Å²) in [6.07, 6.45) is 0. The van der Waals surface area contributed by atoms with Gasteiger partial charge in [-0.2, -0.15) is 0 Å². The predicted octanol–water partition coefficient (Wildman–Crippen LogP) is 2.54. The van der Waals surface area contributed by atoms with Gasteiger partial charge in [0.1, 0.15) is 15.0 Å². The second-order valence-electron chi connectivity index (χ2n) is 2.63. The normalized spacial score (nSPS) is 10.8. The van der Waals surface area contributed by atoms with Crippen LogP contribution in [0.5, 0.6) is 0 Å². The molecule has 1 heterocycles. The van der Waals surface area contributed by atoms with Crippen LogP contribution in [0.1, 0.15) is 19.7 Å². The van der Waals surface area contributed by atoms with Crippen LogP contribution in [0.15, 0.2) is 9.21 Å². The van der Waals surface area contributed by atoms with Crippen LogP contribution < -0.4 is 5.32 Å². The van der Waals surface area contributed by atoms with Gasteiger partial charge in [0, 0.05) is 6.54 Å². The quantitative estimate of drug-likeness (QED) is 0.926. The molecule has 5 heteroatoms. The molecule has 0 aliphatic heterocycles. The van der Waals surface area contributed by atoms with Crippen molar-refractivity contribution in [1.29, 1.82) is 0 Å². The van der Waals surface area contributed by atoms with Crippen molar-refractivity contribution < 1.29 is 0 Å². The van der Waals surface area contributed by atoms with Crippen molar-refractivity contribution in [2.45, 2.75) is 26.9 Å². The van der Waals surface area contributed by atoms with E-state index in [1.165, 1.54) is 0 Å². The molecule has 1 N–H and O–H groups in total. The van der Waals surface area contributed by atoms with Gasteiger partial charge in [0.25, 0.3) is 0 Å². The van der Waals surface area contributed by atoms with Crippen LogP contribution in [0.25, 0.3) is 0 Å². The highest BCUT2D eigenvalue weighted by Crippen LogP contribution is 2.23. The van der Waals surface area contributed by atoms with Crippen LogP contribution in [-0.2, 0) is 13.1 Å². The van der Waals surface area contributed by atoms with Crippen molar-refractivity contribution in [2.24, 2.45) is 0 Å². The fourth-order valence-electron chi connectivity index (χ4n) is 1.14. The van der Waals surface area contributed by atoms with Crippen LogP contribution >= 0.6 is 31.9 Å². The topological polar surface area (TPSA) is 29.9 Å². The van der Waals surface area contributed by atoms with Crippen LogP contribution in [0.3, 0.4) is 0 Å². The third-order valence-corrected chi connectivity index (χ3v) is 3.68. The Morgan fingerprint density at radius 3 is 2.62 bits per heavy atom. The molecule has 13 heavy (non-hydrogen) atoms. The van der Waals surface area contributed by atoms with Crippen LogP contribution in [0, 0.1) is 0 Å². The minimum Gasteiger partial charge on any atom is -0.321 e. The number of rotatable bonds is 4. The molecule has 3 nitrogen and oxygen atoms in total. The van der Waals surface area contributed by atoms with E-state index in [0.717, 1.165) is 34.7 Å². The summed E-state index contributed by atoms with van der Waals surface area (Å²) in [7, 11) is 0. The van der Waals surface area contributed by atoms with Crippen LogP contribution in [0.4, 0.5) is 0 Å². The molecule has 0 saturated carbocycles. The molecular weight excluding hydrogens is 298 g/mol. The molecule has 0 unspecified atom stereocenters. The molecule has 74 valence electrons. The Morgan fingerprint density at radius 2 is 2.08 bits per heavy atom. The van der Waals surface area contributed by atoms with Gasteiger partial charge in [-0.15, -0.1) is 0 Å². The third-order valence-electron chi connectivity index (χ3n) is 1.80. The number of imidazole rings is 1. The fraction of sp³-hybridized carbons (Fsp3) is 0.625. The molecule has 0 amide bonds. The summed E-state index contributed by atoms with van der Waals surface area (Å²) in [6.45, 7) is 6.90. The Morgan fingerprint density at radius 1 is 1.38 bits per heavy atom. The highest BCUT2D eigenvalue weighted by molar-refractivity contribution is 9.13. The molecule has 1 aromatic heterocycles. The minimum atomic E-state index is 0.814. The van der Waals surface area contributed by atoms with Gasteiger partial charge < -0.3 is 9.88 Å². The first kappa shape index (κ1) is 11.2. The lowest BCUT2D eigenvalue weighted by molar-refractivity contribution is 0.623. The summed E-state index contributed by atoms with van der Waals surface area (Å²) in [5, 5.41) is 3.25. The standard InChI is InChI=1S/C8H13Br2N3/c1-3-11-5-6-12-7(9)8(10)13(6)4-2/h11H,3-5H2,1-2H3. The third kappa shape index (κ3) is 2.54. The molecular formula is C8H13Br2N3. The van der Waals surface area contributed by atoms with Crippen molar-refractivity contribution in [2.75, 3.05) is 6.54 Å². The summed E-state index contributed by atoms with van der Waals surface area (Å²) >= 11 is 6.87. The van der Waals surface area contributed by atoms with Gasteiger partial charge in [-0.1, -0.05) is 6.92 Å². The molecule has 0 saturated heterocycles. The highest BCUT2D eigenvalue weighted by Gasteiger charge is 2.10. The molecule has 0 aromatic carbocycles. The van der Waals surface area contributed by atoms with E-state index in [1.54, 1.807) is 0 Å². The highest BCUT2D eigenvalue weighted by atomic mass is 79.9. The molecule has 0 bridgehead atoms. The lowest BCUT2D eigenvalue weighted by Gasteiger charge is -2.05. The first-order chi connectivity index (χ1) is 6.20. The molecule has 0 spiro atoms. The number of aromatic nitrogens is 2. The first-order valence-electron chi connectivity index (χ1n) is 4.31. The number of halogens is 2. The van der Waals surface area contributed by atoms with Gasteiger partial charge in [-0.05, 0) is 45.3 Å². The van der Waals surface area contributed by atoms with Crippen molar-refractivity contribution in [3.05, 3.63) is 15.0 Å². The van der Waals surface area contributed by atoms with Crippen LogP contribution in [0.2, 0.25) is 0 Å². The van der Waals surface area contributed by atoms with Crippen molar-refractivity contribution >= 4 is 31.9 Å². The number of nitrogens with zero attached hydrogens (tertiary/aromatic N) is 2. The zero-order chi connectivity index (χ0) is 9.84. The smallest absolute Gasteiger partial charge is 0.139 e. The maximum absolute atomic E-state index is 4.39. The molecule has 1 aromatic rings. The van der Waals surface area contributed by atoms with E-state index in [4.69, 9.17) is 0 Å². The lowest BCUT2D eigenvalue weighted by atomic mass is 10.5. The average molecular weight is 311 g/mol. The Hall–Kier alpha value is 0.130. The predicted molar refractivity (Wildman–Crippen MR) is 60.7 cm³/mol. The van der Waals surface area contributed by atoms with Gasteiger partial charge >= 0.3 is 0 Å². The van der Waals surface area contributed by atoms with Crippen molar-refractivity contribution in [1.82, 2.24) is 14.9 Å². The van der Waals surface area contributed by atoms with Gasteiger partial charge in [0.15, 0.2) is 0 Å². The summed E-state index contributed by atoms with van der Waals surface area (Å²) in [5.74, 6) is 1.06. The maximum Gasteiger partial charge on any atom is 0.139 e. The van der Waals surface area contributed by atoms with Gasteiger partial charge in [0.05, 0.1) is 6.54 Å².